The van der Waals surface area contributed by atoms with Gasteiger partial charge in [-0.3, -0.25) is 14.6 Å². The van der Waals surface area contributed by atoms with E-state index in [4.69, 9.17) is 0 Å². The number of nitrogens with zero attached hydrogens (tertiary/aromatic N) is 1. The predicted octanol–water partition coefficient (Wildman–Crippen LogP) is 1.92. The Morgan fingerprint density at radius 3 is 2.50 bits per heavy atom. The van der Waals surface area contributed by atoms with Gasteiger partial charge in [0.1, 0.15) is 10.7 Å². The number of benzene rings is 1. The number of carbonyl (C=O) groups is 1. The van der Waals surface area contributed by atoms with Crippen LogP contribution in [-0.2, 0) is 14.8 Å². The first-order valence-corrected chi connectivity index (χ1v) is 7.80. The van der Waals surface area contributed by atoms with Gasteiger partial charge in [0.2, 0.25) is 5.91 Å². The number of hydrogen-bond acceptors (Lipinski definition) is 4. The number of amides is 1. The van der Waals surface area contributed by atoms with E-state index in [9.17, 15) is 17.6 Å². The maximum atomic E-state index is 13.4. The molecule has 0 aliphatic heterocycles. The number of aromatic nitrogens is 2. The van der Waals surface area contributed by atoms with Gasteiger partial charge in [-0.1, -0.05) is 0 Å². The van der Waals surface area contributed by atoms with Crippen molar-refractivity contribution in [3.63, 3.8) is 0 Å². The van der Waals surface area contributed by atoms with Crippen LogP contribution in [0.2, 0.25) is 0 Å². The second-order valence-electron chi connectivity index (χ2n) is 4.74. The number of H-pyrrole nitrogens is 1. The van der Waals surface area contributed by atoms with Crippen molar-refractivity contribution in [1.82, 2.24) is 10.2 Å². The second kappa shape index (κ2) is 5.76. The summed E-state index contributed by atoms with van der Waals surface area (Å²) in [5.74, 6) is -1.03. The molecule has 7 nitrogen and oxygen atoms in total. The molecule has 0 unspecified atom stereocenters. The van der Waals surface area contributed by atoms with Gasteiger partial charge in [0, 0.05) is 13.0 Å². The largest absolute Gasteiger partial charge is 0.325 e. The molecule has 0 atom stereocenters. The van der Waals surface area contributed by atoms with Crippen LogP contribution in [0.3, 0.4) is 0 Å². The number of nitrogens with one attached hydrogen (secondary N) is 3. The van der Waals surface area contributed by atoms with E-state index in [1.807, 2.05) is 0 Å². The van der Waals surface area contributed by atoms with E-state index in [2.05, 4.69) is 20.2 Å². The molecule has 0 spiro atoms. The fourth-order valence-corrected chi connectivity index (χ4v) is 3.48. The van der Waals surface area contributed by atoms with Gasteiger partial charge < -0.3 is 5.32 Å². The number of aryl methyl sites for hydroxylation is 2. The van der Waals surface area contributed by atoms with E-state index in [1.54, 1.807) is 13.8 Å². The lowest BCUT2D eigenvalue weighted by Crippen LogP contribution is -2.17. The van der Waals surface area contributed by atoms with Gasteiger partial charge in [-0.2, -0.15) is 5.10 Å². The van der Waals surface area contributed by atoms with Crippen LogP contribution in [0.5, 0.6) is 0 Å². The van der Waals surface area contributed by atoms with E-state index in [1.165, 1.54) is 13.0 Å². The highest BCUT2D eigenvalue weighted by Crippen LogP contribution is 2.27. The van der Waals surface area contributed by atoms with Gasteiger partial charge in [0.25, 0.3) is 10.0 Å². The third-order valence-corrected chi connectivity index (χ3v) is 4.49. The average molecular weight is 326 g/mol. The third kappa shape index (κ3) is 3.25. The van der Waals surface area contributed by atoms with Crippen molar-refractivity contribution >= 4 is 27.3 Å². The van der Waals surface area contributed by atoms with Gasteiger partial charge in [0.15, 0.2) is 0 Å². The van der Waals surface area contributed by atoms with Crippen LogP contribution in [-0.4, -0.2) is 24.5 Å². The summed E-state index contributed by atoms with van der Waals surface area (Å²) in [6, 6.07) is 3.40. The Morgan fingerprint density at radius 2 is 1.95 bits per heavy atom. The number of anilines is 2. The normalized spacial score (nSPS) is 11.3. The van der Waals surface area contributed by atoms with Crippen molar-refractivity contribution < 1.29 is 17.6 Å². The summed E-state index contributed by atoms with van der Waals surface area (Å²) in [6.07, 6.45) is 0. The highest BCUT2D eigenvalue weighted by atomic mass is 32.2. The van der Waals surface area contributed by atoms with Crippen LogP contribution in [0.25, 0.3) is 0 Å². The molecule has 9 heteroatoms. The number of rotatable bonds is 4. The predicted molar refractivity (Wildman–Crippen MR) is 79.6 cm³/mol. The molecule has 0 bridgehead atoms. The SMILES string of the molecule is CC(=O)Nc1ccc(F)cc1NS(=O)(=O)c1c(C)n[nH]c1C. The Balaban J connectivity index is 2.46. The first kappa shape index (κ1) is 16.0. The third-order valence-electron chi connectivity index (χ3n) is 2.87. The zero-order valence-corrected chi connectivity index (χ0v) is 13.0. The standard InChI is InChI=1S/C13H15FN4O3S/c1-7-13(8(2)17-16-7)22(20,21)18-12-6-10(14)4-5-11(12)15-9(3)19/h4-6,18H,1-3H3,(H,15,19)(H,16,17). The van der Waals surface area contributed by atoms with Crippen molar-refractivity contribution in [3.8, 4) is 0 Å². The van der Waals surface area contributed by atoms with E-state index < -0.39 is 21.7 Å². The van der Waals surface area contributed by atoms with Crippen LogP contribution >= 0.6 is 0 Å². The summed E-state index contributed by atoms with van der Waals surface area (Å²) < 4.78 is 40.6. The van der Waals surface area contributed by atoms with Crippen LogP contribution in [0.1, 0.15) is 18.3 Å². The molecule has 2 aromatic rings. The Bertz CT molecular complexity index is 810. The van der Waals surface area contributed by atoms with Gasteiger partial charge >= 0.3 is 0 Å². The fourth-order valence-electron chi connectivity index (χ4n) is 2.03. The average Bonchev–Trinajstić information content (AvgIpc) is 2.72. The van der Waals surface area contributed by atoms with E-state index >= 15 is 0 Å². The first-order valence-electron chi connectivity index (χ1n) is 6.32. The van der Waals surface area contributed by atoms with Gasteiger partial charge in [0.05, 0.1) is 22.8 Å². The van der Waals surface area contributed by atoms with Crippen molar-refractivity contribution in [1.29, 1.82) is 0 Å². The molecule has 0 fully saturated rings. The summed E-state index contributed by atoms with van der Waals surface area (Å²) in [7, 11) is -3.97. The quantitative estimate of drug-likeness (QED) is 0.798. The zero-order valence-electron chi connectivity index (χ0n) is 12.2. The molecule has 22 heavy (non-hydrogen) atoms. The molecule has 1 amide bonds. The summed E-state index contributed by atoms with van der Waals surface area (Å²) in [5, 5.41) is 8.84. The smallest absolute Gasteiger partial charge is 0.265 e. The Hall–Kier alpha value is -2.42. The number of halogens is 1. The Kier molecular flexibility index (Phi) is 4.18. The molecule has 0 saturated heterocycles. The lowest BCUT2D eigenvalue weighted by atomic mass is 10.2. The Labute approximate surface area is 127 Å². The maximum absolute atomic E-state index is 13.4. The number of sulfonamides is 1. The van der Waals surface area contributed by atoms with Crippen molar-refractivity contribution in [2.24, 2.45) is 0 Å². The van der Waals surface area contributed by atoms with Gasteiger partial charge in [-0.15, -0.1) is 0 Å². The van der Waals surface area contributed by atoms with Crippen LogP contribution in [0.4, 0.5) is 15.8 Å². The number of aromatic amines is 1. The van der Waals surface area contributed by atoms with Crippen LogP contribution < -0.4 is 10.0 Å². The molecule has 118 valence electrons. The van der Waals surface area contributed by atoms with Gasteiger partial charge in [-0.25, -0.2) is 12.8 Å². The molecule has 1 heterocycles. The summed E-state index contributed by atoms with van der Waals surface area (Å²) in [5.41, 5.74) is 0.761. The van der Waals surface area contributed by atoms with E-state index in [0.717, 1.165) is 12.1 Å². The number of carbonyl (C=O) groups excluding carboxylic acids is 1. The highest BCUT2D eigenvalue weighted by molar-refractivity contribution is 7.92. The van der Waals surface area contributed by atoms with Gasteiger partial charge in [-0.05, 0) is 26.0 Å². The zero-order chi connectivity index (χ0) is 16.5. The monoisotopic (exact) mass is 326 g/mol. The minimum atomic E-state index is -3.97. The minimum absolute atomic E-state index is 0.00876. The molecule has 3 N–H and O–H groups in total. The maximum Gasteiger partial charge on any atom is 0.265 e. The summed E-state index contributed by atoms with van der Waals surface area (Å²) in [6.45, 7) is 4.37. The summed E-state index contributed by atoms with van der Waals surface area (Å²) in [4.78, 5) is 11.1. The van der Waals surface area contributed by atoms with E-state index in [-0.39, 0.29) is 16.3 Å². The fraction of sp³-hybridized carbons (Fsp3) is 0.231. The van der Waals surface area contributed by atoms with Crippen molar-refractivity contribution in [2.45, 2.75) is 25.7 Å². The number of hydrogen-bond donors (Lipinski definition) is 3. The molecule has 2 rings (SSSR count). The molecule has 0 aliphatic rings. The van der Waals surface area contributed by atoms with Crippen LogP contribution in [0, 0.1) is 19.7 Å². The Morgan fingerprint density at radius 1 is 1.27 bits per heavy atom. The van der Waals surface area contributed by atoms with Crippen molar-refractivity contribution in [2.75, 3.05) is 10.0 Å². The highest BCUT2D eigenvalue weighted by Gasteiger charge is 2.23. The lowest BCUT2D eigenvalue weighted by Gasteiger charge is -2.13. The first-order chi connectivity index (χ1) is 10.2. The van der Waals surface area contributed by atoms with Crippen molar-refractivity contribution in [3.05, 3.63) is 35.4 Å². The topological polar surface area (TPSA) is 104 Å². The summed E-state index contributed by atoms with van der Waals surface area (Å²) >= 11 is 0. The molecular formula is C13H15FN4O3S. The van der Waals surface area contributed by atoms with Crippen LogP contribution in [0.15, 0.2) is 23.1 Å². The minimum Gasteiger partial charge on any atom is -0.325 e. The molecule has 0 aliphatic carbocycles. The molecule has 1 aromatic heterocycles. The molecule has 1 aromatic carbocycles. The second-order valence-corrected chi connectivity index (χ2v) is 6.36. The van der Waals surface area contributed by atoms with E-state index in [0.29, 0.717) is 11.4 Å². The molecule has 0 radical (unpaired) electrons. The lowest BCUT2D eigenvalue weighted by molar-refractivity contribution is -0.114. The molecular weight excluding hydrogens is 311 g/mol. The molecule has 0 saturated carbocycles.